The molecule has 1 aromatic rings. The molecule has 0 aliphatic heterocycles. The highest BCUT2D eigenvalue weighted by molar-refractivity contribution is 6.29. The van der Waals surface area contributed by atoms with E-state index in [9.17, 15) is 10.1 Å². The largest absolute Gasteiger partial charge is 0.367 e. The Hall–Kier alpha value is -1.36. The van der Waals surface area contributed by atoms with Crippen molar-refractivity contribution in [3.63, 3.8) is 0 Å². The molecular formula is C13H18ClN3O2. The molecule has 0 saturated heterocycles. The van der Waals surface area contributed by atoms with Crippen LogP contribution in [0.4, 0.5) is 11.5 Å². The molecule has 1 heterocycles. The molecule has 0 bridgehead atoms. The van der Waals surface area contributed by atoms with Crippen LogP contribution >= 0.6 is 11.6 Å². The van der Waals surface area contributed by atoms with Gasteiger partial charge in [-0.1, -0.05) is 30.9 Å². The molecule has 0 spiro atoms. The summed E-state index contributed by atoms with van der Waals surface area (Å²) in [5.41, 5.74) is -0.0293. The van der Waals surface area contributed by atoms with Crippen LogP contribution in [0.2, 0.25) is 5.15 Å². The van der Waals surface area contributed by atoms with Crippen molar-refractivity contribution >= 4 is 23.1 Å². The van der Waals surface area contributed by atoms with Gasteiger partial charge >= 0.3 is 0 Å². The smallest absolute Gasteiger partial charge is 0.276 e. The van der Waals surface area contributed by atoms with Crippen LogP contribution in [-0.4, -0.2) is 15.9 Å². The minimum absolute atomic E-state index is 0.0293. The quantitative estimate of drug-likeness (QED) is 0.515. The molecule has 1 aromatic heterocycles. The average Bonchev–Trinajstić information content (AvgIpc) is 2.39. The van der Waals surface area contributed by atoms with Crippen molar-refractivity contribution in [3.05, 3.63) is 27.4 Å². The van der Waals surface area contributed by atoms with Crippen molar-refractivity contribution in [1.82, 2.24) is 4.98 Å². The van der Waals surface area contributed by atoms with Crippen LogP contribution in [-0.2, 0) is 0 Å². The normalized spacial score (nSPS) is 18.0. The van der Waals surface area contributed by atoms with Crippen molar-refractivity contribution in [1.29, 1.82) is 0 Å². The predicted molar refractivity (Wildman–Crippen MR) is 75.6 cm³/mol. The number of rotatable bonds is 4. The lowest BCUT2D eigenvalue weighted by Gasteiger charge is -2.28. The van der Waals surface area contributed by atoms with Gasteiger partial charge in [0.25, 0.3) is 5.69 Å². The molecule has 1 atom stereocenters. The minimum Gasteiger partial charge on any atom is -0.367 e. The molecule has 104 valence electrons. The maximum Gasteiger partial charge on any atom is 0.276 e. The topological polar surface area (TPSA) is 68.1 Å². The summed E-state index contributed by atoms with van der Waals surface area (Å²) in [7, 11) is 0. The van der Waals surface area contributed by atoms with Crippen LogP contribution in [0.25, 0.3) is 0 Å². The lowest BCUT2D eigenvalue weighted by Crippen LogP contribution is -2.28. The fourth-order valence-electron chi connectivity index (χ4n) is 2.65. The van der Waals surface area contributed by atoms with E-state index in [0.29, 0.717) is 11.7 Å². The monoisotopic (exact) mass is 283 g/mol. The SMILES string of the molecule is CC(Nc1cc([N+](=O)[O-])cc(Cl)n1)C1CCCCC1. The zero-order chi connectivity index (χ0) is 13.8. The van der Waals surface area contributed by atoms with Gasteiger partial charge in [-0.25, -0.2) is 4.98 Å². The maximum atomic E-state index is 10.8. The number of hydrogen-bond acceptors (Lipinski definition) is 4. The van der Waals surface area contributed by atoms with Crippen LogP contribution in [0, 0.1) is 16.0 Å². The predicted octanol–water partition coefficient (Wildman–Crippen LogP) is 4.02. The third-order valence-corrected chi connectivity index (χ3v) is 3.92. The van der Waals surface area contributed by atoms with Crippen LogP contribution in [0.1, 0.15) is 39.0 Å². The second-order valence-electron chi connectivity index (χ2n) is 5.12. The zero-order valence-corrected chi connectivity index (χ0v) is 11.7. The summed E-state index contributed by atoms with van der Waals surface area (Å²) in [5, 5.41) is 14.2. The molecule has 5 nitrogen and oxygen atoms in total. The van der Waals surface area contributed by atoms with Gasteiger partial charge in [0.2, 0.25) is 0 Å². The van der Waals surface area contributed by atoms with Gasteiger partial charge in [-0.05, 0) is 25.7 Å². The lowest BCUT2D eigenvalue weighted by atomic mass is 9.84. The fourth-order valence-corrected chi connectivity index (χ4v) is 2.85. The van der Waals surface area contributed by atoms with Gasteiger partial charge in [-0.2, -0.15) is 0 Å². The fraction of sp³-hybridized carbons (Fsp3) is 0.615. The summed E-state index contributed by atoms with van der Waals surface area (Å²) in [5.74, 6) is 1.09. The van der Waals surface area contributed by atoms with E-state index in [2.05, 4.69) is 17.2 Å². The van der Waals surface area contributed by atoms with Gasteiger partial charge in [-0.3, -0.25) is 10.1 Å². The molecule has 0 amide bonds. The first-order valence-electron chi connectivity index (χ1n) is 6.65. The molecule has 1 saturated carbocycles. The number of nitrogens with zero attached hydrogens (tertiary/aromatic N) is 2. The number of anilines is 1. The van der Waals surface area contributed by atoms with Gasteiger partial charge in [0.05, 0.1) is 17.1 Å². The number of aromatic nitrogens is 1. The van der Waals surface area contributed by atoms with Gasteiger partial charge < -0.3 is 5.32 Å². The van der Waals surface area contributed by atoms with Crippen molar-refractivity contribution in [2.24, 2.45) is 5.92 Å². The Labute approximate surface area is 117 Å². The standard InChI is InChI=1S/C13H18ClN3O2/c1-9(10-5-3-2-4-6-10)15-13-8-11(17(18)19)7-12(14)16-13/h7-10H,2-6H2,1H3,(H,15,16). The second kappa shape index (κ2) is 6.19. The Kier molecular flexibility index (Phi) is 4.58. The van der Waals surface area contributed by atoms with E-state index in [1.807, 2.05) is 0 Å². The Bertz CT molecular complexity index is 461. The summed E-state index contributed by atoms with van der Waals surface area (Å²) >= 11 is 5.81. The second-order valence-corrected chi connectivity index (χ2v) is 5.51. The Morgan fingerprint density at radius 3 is 2.74 bits per heavy atom. The average molecular weight is 284 g/mol. The molecule has 1 N–H and O–H groups in total. The molecule has 0 aromatic carbocycles. The molecule has 1 aliphatic carbocycles. The first kappa shape index (κ1) is 14.1. The van der Waals surface area contributed by atoms with Gasteiger partial charge in [0.15, 0.2) is 0 Å². The maximum absolute atomic E-state index is 10.8. The zero-order valence-electron chi connectivity index (χ0n) is 10.9. The molecular weight excluding hydrogens is 266 g/mol. The summed E-state index contributed by atoms with van der Waals surface area (Å²) in [6.07, 6.45) is 6.25. The molecule has 0 radical (unpaired) electrons. The van der Waals surface area contributed by atoms with Gasteiger partial charge in [0.1, 0.15) is 11.0 Å². The van der Waals surface area contributed by atoms with E-state index < -0.39 is 4.92 Å². The van der Waals surface area contributed by atoms with Crippen molar-refractivity contribution in [2.45, 2.75) is 45.1 Å². The molecule has 1 unspecified atom stereocenters. The Balaban J connectivity index is 2.07. The van der Waals surface area contributed by atoms with Crippen LogP contribution in [0.15, 0.2) is 12.1 Å². The third-order valence-electron chi connectivity index (χ3n) is 3.72. The third kappa shape index (κ3) is 3.80. The summed E-state index contributed by atoms with van der Waals surface area (Å²) < 4.78 is 0. The number of halogens is 1. The number of pyridine rings is 1. The first-order chi connectivity index (χ1) is 9.06. The molecule has 19 heavy (non-hydrogen) atoms. The van der Waals surface area contributed by atoms with Crippen molar-refractivity contribution in [3.8, 4) is 0 Å². The van der Waals surface area contributed by atoms with Crippen LogP contribution < -0.4 is 5.32 Å². The van der Waals surface area contributed by atoms with Crippen molar-refractivity contribution in [2.75, 3.05) is 5.32 Å². The van der Waals surface area contributed by atoms with Crippen LogP contribution in [0.3, 0.4) is 0 Å². The summed E-state index contributed by atoms with van der Waals surface area (Å²) in [6, 6.07) is 2.95. The molecule has 2 rings (SSSR count). The van der Waals surface area contributed by atoms with E-state index in [4.69, 9.17) is 11.6 Å². The molecule has 6 heteroatoms. The van der Waals surface area contributed by atoms with E-state index >= 15 is 0 Å². The van der Waals surface area contributed by atoms with E-state index in [0.717, 1.165) is 0 Å². The highest BCUT2D eigenvalue weighted by Crippen LogP contribution is 2.28. The van der Waals surface area contributed by atoms with E-state index in [-0.39, 0.29) is 16.9 Å². The summed E-state index contributed by atoms with van der Waals surface area (Å²) in [6.45, 7) is 2.10. The number of nitro groups is 1. The number of nitrogens with one attached hydrogen (secondary N) is 1. The first-order valence-corrected chi connectivity index (χ1v) is 7.02. The molecule has 1 aliphatic rings. The summed E-state index contributed by atoms with van der Waals surface area (Å²) in [4.78, 5) is 14.4. The highest BCUT2D eigenvalue weighted by Gasteiger charge is 2.21. The lowest BCUT2D eigenvalue weighted by molar-refractivity contribution is -0.384. The van der Waals surface area contributed by atoms with E-state index in [1.54, 1.807) is 0 Å². The number of hydrogen-bond donors (Lipinski definition) is 1. The van der Waals surface area contributed by atoms with Gasteiger partial charge in [0, 0.05) is 6.04 Å². The Morgan fingerprint density at radius 1 is 1.42 bits per heavy atom. The van der Waals surface area contributed by atoms with Crippen molar-refractivity contribution < 1.29 is 4.92 Å². The van der Waals surface area contributed by atoms with Crippen LogP contribution in [0.5, 0.6) is 0 Å². The van der Waals surface area contributed by atoms with Gasteiger partial charge in [-0.15, -0.1) is 0 Å². The molecule has 1 fully saturated rings. The highest BCUT2D eigenvalue weighted by atomic mass is 35.5. The minimum atomic E-state index is -0.454. The Morgan fingerprint density at radius 2 is 2.11 bits per heavy atom. The van der Waals surface area contributed by atoms with E-state index in [1.165, 1.54) is 44.2 Å².